The number of nitrogens with one attached hydrogen (secondary N) is 3. The number of thioether (sulfide) groups is 1. The summed E-state index contributed by atoms with van der Waals surface area (Å²) in [6.07, 6.45) is 6.76. The third-order valence-corrected chi connectivity index (χ3v) is 6.28. The molecule has 9 heteroatoms. The van der Waals surface area contributed by atoms with Gasteiger partial charge < -0.3 is 20.4 Å². The van der Waals surface area contributed by atoms with Gasteiger partial charge in [-0.05, 0) is 55.4 Å². The fourth-order valence-corrected chi connectivity index (χ4v) is 4.44. The van der Waals surface area contributed by atoms with Crippen molar-refractivity contribution in [1.29, 1.82) is 0 Å². The van der Waals surface area contributed by atoms with Crippen LogP contribution in [0, 0.1) is 11.7 Å². The molecule has 0 bridgehead atoms. The van der Waals surface area contributed by atoms with Crippen LogP contribution in [0.4, 0.5) is 15.9 Å². The molecule has 2 aromatic heterocycles. The van der Waals surface area contributed by atoms with Crippen molar-refractivity contribution < 1.29 is 13.9 Å². The van der Waals surface area contributed by atoms with Crippen molar-refractivity contribution in [3.05, 3.63) is 41.6 Å². The Morgan fingerprint density at radius 1 is 1.39 bits per heavy atom. The van der Waals surface area contributed by atoms with E-state index in [1.807, 2.05) is 0 Å². The van der Waals surface area contributed by atoms with E-state index >= 15 is 0 Å². The lowest BCUT2D eigenvalue weighted by Gasteiger charge is -2.22. The summed E-state index contributed by atoms with van der Waals surface area (Å²) in [5, 5.41) is 7.20. The molecular weight excluding hydrogens is 417 g/mol. The van der Waals surface area contributed by atoms with Gasteiger partial charge in [0.1, 0.15) is 17.8 Å². The number of hydrogen-bond acceptors (Lipinski definition) is 6. The number of rotatable bonds is 8. The predicted octanol–water partition coefficient (Wildman–Crippen LogP) is 3.82. The maximum Gasteiger partial charge on any atom is 0.223 e. The smallest absolute Gasteiger partial charge is 0.223 e. The summed E-state index contributed by atoms with van der Waals surface area (Å²) >= 11 is 1.78. The molecule has 1 unspecified atom stereocenters. The van der Waals surface area contributed by atoms with Gasteiger partial charge in [-0.1, -0.05) is 0 Å². The Bertz CT molecular complexity index is 1090. The first kappa shape index (κ1) is 21.4. The van der Waals surface area contributed by atoms with Crippen LogP contribution in [-0.2, 0) is 17.6 Å². The lowest BCUT2D eigenvalue weighted by atomic mass is 9.86. The molecule has 3 aromatic rings. The average molecular weight is 444 g/mol. The summed E-state index contributed by atoms with van der Waals surface area (Å²) in [5.41, 5.74) is 3.56. The van der Waals surface area contributed by atoms with Crippen molar-refractivity contribution in [1.82, 2.24) is 20.3 Å². The maximum absolute atomic E-state index is 13.8. The fourth-order valence-electron chi connectivity index (χ4n) is 4.01. The lowest BCUT2D eigenvalue weighted by Crippen LogP contribution is -2.34. The second-order valence-corrected chi connectivity index (χ2v) is 8.57. The van der Waals surface area contributed by atoms with E-state index in [4.69, 9.17) is 4.74 Å². The Kier molecular flexibility index (Phi) is 6.60. The number of benzene rings is 1. The van der Waals surface area contributed by atoms with E-state index in [0.29, 0.717) is 24.5 Å². The van der Waals surface area contributed by atoms with E-state index in [0.717, 1.165) is 47.3 Å². The molecule has 1 aliphatic rings. The number of methoxy groups -OCH3 is 1. The van der Waals surface area contributed by atoms with Crippen LogP contribution in [0.15, 0.2) is 24.5 Å². The maximum atomic E-state index is 13.8. The average Bonchev–Trinajstić information content (AvgIpc) is 3.16. The number of aromatic nitrogens is 3. The molecule has 31 heavy (non-hydrogen) atoms. The summed E-state index contributed by atoms with van der Waals surface area (Å²) in [5.74, 6) is 1.43. The molecule has 164 valence electrons. The van der Waals surface area contributed by atoms with Crippen molar-refractivity contribution in [2.24, 2.45) is 5.92 Å². The van der Waals surface area contributed by atoms with Crippen LogP contribution in [0.3, 0.4) is 0 Å². The summed E-state index contributed by atoms with van der Waals surface area (Å²) in [6, 6.07) is 4.58. The van der Waals surface area contributed by atoms with E-state index < -0.39 is 5.82 Å². The van der Waals surface area contributed by atoms with Crippen LogP contribution in [0.5, 0.6) is 5.75 Å². The molecule has 3 N–H and O–H groups in total. The highest BCUT2D eigenvalue weighted by atomic mass is 32.2. The second kappa shape index (κ2) is 9.55. The Labute approximate surface area is 184 Å². The third kappa shape index (κ3) is 4.61. The van der Waals surface area contributed by atoms with E-state index in [1.54, 1.807) is 23.9 Å². The Hall–Kier alpha value is -2.81. The first-order chi connectivity index (χ1) is 15.1. The van der Waals surface area contributed by atoms with Gasteiger partial charge in [-0.15, -0.1) is 0 Å². The number of nitrogens with zero attached hydrogens (tertiary/aromatic N) is 2. The molecule has 0 radical (unpaired) electrons. The molecule has 0 aliphatic heterocycles. The van der Waals surface area contributed by atoms with Crippen molar-refractivity contribution in [3.8, 4) is 5.75 Å². The quantitative estimate of drug-likeness (QED) is 0.459. The van der Waals surface area contributed by atoms with Crippen molar-refractivity contribution >= 4 is 40.2 Å². The fraction of sp³-hybridized carbons (Fsp3) is 0.409. The molecule has 2 heterocycles. The molecule has 1 aromatic carbocycles. The number of fused-ring (bicyclic) bond motifs is 3. The number of amides is 1. The van der Waals surface area contributed by atoms with Gasteiger partial charge in [0.05, 0.1) is 12.5 Å². The third-order valence-electron chi connectivity index (χ3n) is 5.59. The molecule has 1 amide bonds. The summed E-state index contributed by atoms with van der Waals surface area (Å²) in [4.78, 5) is 24.9. The normalized spacial score (nSPS) is 15.5. The van der Waals surface area contributed by atoms with Crippen molar-refractivity contribution in [3.63, 3.8) is 0 Å². The molecular formula is C22H26FN5O2S. The molecule has 1 atom stereocenters. The lowest BCUT2D eigenvalue weighted by molar-refractivity contribution is -0.125. The minimum atomic E-state index is -0.425. The molecule has 0 spiro atoms. The highest BCUT2D eigenvalue weighted by Crippen LogP contribution is 2.35. The molecule has 0 fully saturated rings. The standard InChI is InChI=1S/C22H26FN5O2S/c1-30-18-11-14(5-6-16(18)23)27-20-19-15-10-13(22(29)24-8-3-9-31-2)4-7-17(15)28-21(19)26-12-25-20/h5-6,11-13H,3-4,7-10H2,1-2H3,(H,24,29)(H2,25,26,27,28). The Morgan fingerprint density at radius 3 is 3.06 bits per heavy atom. The van der Waals surface area contributed by atoms with Gasteiger partial charge in [0.2, 0.25) is 5.91 Å². The number of carbonyl (C=O) groups excluding carboxylic acids is 1. The highest BCUT2D eigenvalue weighted by molar-refractivity contribution is 7.98. The second-order valence-electron chi connectivity index (χ2n) is 7.58. The molecule has 4 rings (SSSR count). The zero-order valence-corrected chi connectivity index (χ0v) is 18.4. The topological polar surface area (TPSA) is 91.9 Å². The number of carbonyl (C=O) groups is 1. The Balaban J connectivity index is 1.58. The number of ether oxygens (including phenoxy) is 1. The van der Waals surface area contributed by atoms with E-state index in [9.17, 15) is 9.18 Å². The number of aromatic amines is 1. The number of aryl methyl sites for hydroxylation is 1. The SMILES string of the molecule is COc1cc(Nc2ncnc3[nH]c4c(c23)CC(C(=O)NCCCSC)CC4)ccc1F. The number of anilines is 2. The van der Waals surface area contributed by atoms with Crippen molar-refractivity contribution in [2.45, 2.75) is 25.7 Å². The van der Waals surface area contributed by atoms with Crippen molar-refractivity contribution in [2.75, 3.05) is 31.0 Å². The van der Waals surface area contributed by atoms with Crippen LogP contribution in [-0.4, -0.2) is 46.5 Å². The van der Waals surface area contributed by atoms with E-state index in [2.05, 4.69) is 31.8 Å². The Morgan fingerprint density at radius 2 is 2.26 bits per heavy atom. The first-order valence-corrected chi connectivity index (χ1v) is 11.7. The van der Waals surface area contributed by atoms with Crippen LogP contribution in [0.2, 0.25) is 0 Å². The van der Waals surface area contributed by atoms with Crippen LogP contribution >= 0.6 is 11.8 Å². The first-order valence-electron chi connectivity index (χ1n) is 10.3. The highest BCUT2D eigenvalue weighted by Gasteiger charge is 2.29. The van der Waals surface area contributed by atoms with E-state index in [1.165, 1.54) is 19.5 Å². The van der Waals surface area contributed by atoms with Gasteiger partial charge in [-0.2, -0.15) is 11.8 Å². The predicted molar refractivity (Wildman–Crippen MR) is 122 cm³/mol. The monoisotopic (exact) mass is 443 g/mol. The molecule has 7 nitrogen and oxygen atoms in total. The van der Waals surface area contributed by atoms with Crippen LogP contribution in [0.25, 0.3) is 11.0 Å². The van der Waals surface area contributed by atoms with Gasteiger partial charge in [0, 0.05) is 29.9 Å². The van der Waals surface area contributed by atoms with Crippen LogP contribution in [0.1, 0.15) is 24.1 Å². The van der Waals surface area contributed by atoms with E-state index in [-0.39, 0.29) is 17.6 Å². The van der Waals surface area contributed by atoms with Gasteiger partial charge in [-0.3, -0.25) is 4.79 Å². The summed E-state index contributed by atoms with van der Waals surface area (Å²) in [7, 11) is 1.43. The zero-order chi connectivity index (χ0) is 21.8. The van der Waals surface area contributed by atoms with Gasteiger partial charge in [0.15, 0.2) is 11.6 Å². The minimum Gasteiger partial charge on any atom is -0.494 e. The molecule has 1 aliphatic carbocycles. The number of H-pyrrole nitrogens is 1. The zero-order valence-electron chi connectivity index (χ0n) is 17.6. The molecule has 0 saturated carbocycles. The van der Waals surface area contributed by atoms with Gasteiger partial charge in [0.25, 0.3) is 0 Å². The minimum absolute atomic E-state index is 0.0697. The van der Waals surface area contributed by atoms with Gasteiger partial charge >= 0.3 is 0 Å². The number of hydrogen-bond donors (Lipinski definition) is 3. The van der Waals surface area contributed by atoms with Gasteiger partial charge in [-0.25, -0.2) is 14.4 Å². The summed E-state index contributed by atoms with van der Waals surface area (Å²) < 4.78 is 18.8. The number of halogens is 1. The van der Waals surface area contributed by atoms with Crippen LogP contribution < -0.4 is 15.4 Å². The largest absolute Gasteiger partial charge is 0.494 e. The molecule has 0 saturated heterocycles. The summed E-state index contributed by atoms with van der Waals surface area (Å²) in [6.45, 7) is 0.708.